The largest absolute Gasteiger partial charge is 0.356 e. The number of H-pyrrole nitrogens is 1. The monoisotopic (exact) mass is 448 g/mol. The first kappa shape index (κ1) is 20.4. The van der Waals surface area contributed by atoms with E-state index in [2.05, 4.69) is 16.2 Å². The minimum absolute atomic E-state index is 0.0560. The zero-order valence-corrected chi connectivity index (χ0v) is 18.6. The Morgan fingerprint density at radius 1 is 0.912 bits per heavy atom. The van der Waals surface area contributed by atoms with Crippen molar-refractivity contribution >= 4 is 28.9 Å². The van der Waals surface area contributed by atoms with Crippen LogP contribution in [0.3, 0.4) is 0 Å². The van der Waals surface area contributed by atoms with Crippen LogP contribution in [-0.2, 0) is 22.4 Å². The standard InChI is InChI=1S/C28H24N4O2/c33-25-18-31(29-16-15-19-9-3-1-4-10-19)28(34)24-17-22-21-13-7-8-14-23(21)30-26(22)27(32(24)25)20-11-5-2-6-12-20/h1-14,16,24,27,30H,15,17-18H2/b29-16-/t24-,27-/m0/s1. The van der Waals surface area contributed by atoms with Crippen LogP contribution < -0.4 is 0 Å². The van der Waals surface area contributed by atoms with Gasteiger partial charge in [0.1, 0.15) is 12.6 Å². The Bertz CT molecular complexity index is 1390. The highest BCUT2D eigenvalue weighted by Crippen LogP contribution is 2.42. The van der Waals surface area contributed by atoms with E-state index in [9.17, 15) is 9.59 Å². The molecule has 2 aliphatic heterocycles. The molecule has 1 saturated heterocycles. The van der Waals surface area contributed by atoms with Gasteiger partial charge in [-0.2, -0.15) is 5.10 Å². The Labute approximate surface area is 197 Å². The number of fused-ring (bicyclic) bond motifs is 4. The Morgan fingerprint density at radius 3 is 2.41 bits per heavy atom. The molecular formula is C28H24N4O2. The smallest absolute Gasteiger partial charge is 0.266 e. The van der Waals surface area contributed by atoms with Gasteiger partial charge in [-0.3, -0.25) is 9.59 Å². The summed E-state index contributed by atoms with van der Waals surface area (Å²) in [6, 6.07) is 27.1. The third kappa shape index (κ3) is 3.39. The number of carbonyl (C=O) groups excluding carboxylic acids is 2. The average molecular weight is 449 g/mol. The maximum Gasteiger partial charge on any atom is 0.266 e. The second-order valence-corrected chi connectivity index (χ2v) is 8.78. The van der Waals surface area contributed by atoms with Gasteiger partial charge in [0.05, 0.1) is 6.04 Å². The van der Waals surface area contributed by atoms with Crippen LogP contribution in [0.2, 0.25) is 0 Å². The van der Waals surface area contributed by atoms with Crippen LogP contribution in [0.4, 0.5) is 0 Å². The van der Waals surface area contributed by atoms with E-state index in [1.165, 1.54) is 5.01 Å². The number of aromatic nitrogens is 1. The predicted octanol–water partition coefficient (Wildman–Crippen LogP) is 4.08. The fraction of sp³-hybridized carbons (Fsp3) is 0.179. The van der Waals surface area contributed by atoms with Gasteiger partial charge >= 0.3 is 0 Å². The summed E-state index contributed by atoms with van der Waals surface area (Å²) in [6.45, 7) is -0.0560. The first-order valence-corrected chi connectivity index (χ1v) is 11.5. The summed E-state index contributed by atoms with van der Waals surface area (Å²) in [6.07, 6.45) is 2.79. The van der Waals surface area contributed by atoms with Gasteiger partial charge in [0.15, 0.2) is 0 Å². The van der Waals surface area contributed by atoms with E-state index in [1.54, 1.807) is 11.1 Å². The molecule has 168 valence electrons. The van der Waals surface area contributed by atoms with Crippen LogP contribution in [-0.4, -0.2) is 45.5 Å². The third-order valence-electron chi connectivity index (χ3n) is 6.75. The summed E-state index contributed by atoms with van der Waals surface area (Å²) >= 11 is 0. The number of benzene rings is 3. The van der Waals surface area contributed by atoms with Gasteiger partial charge in [0.2, 0.25) is 5.91 Å². The number of hydrazone groups is 1. The molecule has 2 atom stereocenters. The molecule has 4 aromatic rings. The average Bonchev–Trinajstić information content (AvgIpc) is 3.25. The minimum Gasteiger partial charge on any atom is -0.356 e. The van der Waals surface area contributed by atoms with Crippen LogP contribution in [0.1, 0.15) is 28.4 Å². The molecule has 2 aliphatic rings. The second kappa shape index (κ2) is 8.30. The van der Waals surface area contributed by atoms with Crippen LogP contribution >= 0.6 is 0 Å². The molecule has 34 heavy (non-hydrogen) atoms. The number of rotatable bonds is 4. The number of hydrogen-bond acceptors (Lipinski definition) is 3. The number of nitrogens with zero attached hydrogens (tertiary/aromatic N) is 3. The summed E-state index contributed by atoms with van der Waals surface area (Å²) in [5.74, 6) is -0.236. The Balaban J connectivity index is 1.38. The third-order valence-corrected chi connectivity index (χ3v) is 6.75. The highest BCUT2D eigenvalue weighted by Gasteiger charge is 2.48. The van der Waals surface area contributed by atoms with Gasteiger partial charge in [-0.05, 0) is 22.8 Å². The van der Waals surface area contributed by atoms with E-state index in [1.807, 2.05) is 78.9 Å². The number of aromatic amines is 1. The van der Waals surface area contributed by atoms with Crippen LogP contribution in [0.25, 0.3) is 10.9 Å². The fourth-order valence-corrected chi connectivity index (χ4v) is 5.19. The molecule has 2 amide bonds. The Kier molecular flexibility index (Phi) is 4.99. The van der Waals surface area contributed by atoms with Crippen molar-refractivity contribution in [3.05, 3.63) is 107 Å². The molecule has 0 bridgehead atoms. The van der Waals surface area contributed by atoms with Gasteiger partial charge in [-0.1, -0.05) is 78.9 Å². The molecule has 6 nitrogen and oxygen atoms in total. The lowest BCUT2D eigenvalue weighted by Gasteiger charge is -2.45. The van der Waals surface area contributed by atoms with Crippen LogP contribution in [0.5, 0.6) is 0 Å². The number of hydrogen-bond donors (Lipinski definition) is 1. The van der Waals surface area contributed by atoms with Crippen molar-refractivity contribution in [3.63, 3.8) is 0 Å². The molecule has 0 unspecified atom stereocenters. The molecule has 3 aromatic carbocycles. The Morgan fingerprint density at radius 2 is 1.62 bits per heavy atom. The summed E-state index contributed by atoms with van der Waals surface area (Å²) in [5, 5.41) is 6.85. The van der Waals surface area contributed by atoms with Gasteiger partial charge < -0.3 is 9.88 Å². The zero-order chi connectivity index (χ0) is 23.1. The molecule has 6 rings (SSSR count). The molecule has 6 heteroatoms. The number of nitrogens with one attached hydrogen (secondary N) is 1. The lowest BCUT2D eigenvalue weighted by Crippen LogP contribution is -2.61. The molecule has 0 saturated carbocycles. The SMILES string of the molecule is O=C1[C@@H]2Cc3c([nH]c4ccccc34)[C@H](c3ccccc3)N2C(=O)CN1/N=C\Cc1ccccc1. The van der Waals surface area contributed by atoms with Crippen molar-refractivity contribution in [2.75, 3.05) is 6.54 Å². The lowest BCUT2D eigenvalue weighted by atomic mass is 9.86. The first-order chi connectivity index (χ1) is 16.7. The molecule has 0 aliphatic carbocycles. The molecule has 1 aromatic heterocycles. The van der Waals surface area contributed by atoms with Crippen molar-refractivity contribution in [2.24, 2.45) is 5.10 Å². The number of amides is 2. The lowest BCUT2D eigenvalue weighted by molar-refractivity contribution is -0.158. The topological polar surface area (TPSA) is 68.8 Å². The number of para-hydroxylation sites is 1. The summed E-state index contributed by atoms with van der Waals surface area (Å²) in [4.78, 5) is 32.4. The fourth-order valence-electron chi connectivity index (χ4n) is 5.19. The number of carbonyl (C=O) groups is 2. The van der Waals surface area contributed by atoms with E-state index >= 15 is 0 Å². The highest BCUT2D eigenvalue weighted by molar-refractivity contribution is 5.97. The first-order valence-electron chi connectivity index (χ1n) is 11.5. The van der Waals surface area contributed by atoms with E-state index in [-0.39, 0.29) is 24.4 Å². The molecule has 1 fully saturated rings. The molecule has 1 N–H and O–H groups in total. The highest BCUT2D eigenvalue weighted by atomic mass is 16.2. The van der Waals surface area contributed by atoms with E-state index < -0.39 is 6.04 Å². The molecule has 0 spiro atoms. The van der Waals surface area contributed by atoms with Gasteiger partial charge in [0, 0.05) is 35.7 Å². The van der Waals surface area contributed by atoms with E-state index in [0.717, 1.165) is 33.3 Å². The summed E-state index contributed by atoms with van der Waals surface area (Å²) in [5.41, 5.74) is 5.20. The quantitative estimate of drug-likeness (QED) is 0.478. The summed E-state index contributed by atoms with van der Waals surface area (Å²) in [7, 11) is 0. The molecule has 3 heterocycles. The summed E-state index contributed by atoms with van der Waals surface area (Å²) < 4.78 is 0. The van der Waals surface area contributed by atoms with Gasteiger partial charge in [0.25, 0.3) is 5.91 Å². The van der Waals surface area contributed by atoms with Gasteiger partial charge in [-0.15, -0.1) is 0 Å². The predicted molar refractivity (Wildman–Crippen MR) is 131 cm³/mol. The molecule has 0 radical (unpaired) electrons. The van der Waals surface area contributed by atoms with Crippen molar-refractivity contribution in [1.82, 2.24) is 14.9 Å². The maximum atomic E-state index is 13.6. The Hall–Kier alpha value is -4.19. The molecular weight excluding hydrogens is 424 g/mol. The zero-order valence-electron chi connectivity index (χ0n) is 18.6. The van der Waals surface area contributed by atoms with Crippen molar-refractivity contribution in [1.29, 1.82) is 0 Å². The van der Waals surface area contributed by atoms with Crippen molar-refractivity contribution in [3.8, 4) is 0 Å². The van der Waals surface area contributed by atoms with Crippen LogP contribution in [0.15, 0.2) is 90.0 Å². The second-order valence-electron chi connectivity index (χ2n) is 8.78. The van der Waals surface area contributed by atoms with Crippen molar-refractivity contribution in [2.45, 2.75) is 24.9 Å². The number of piperazine rings is 1. The maximum absolute atomic E-state index is 13.6. The van der Waals surface area contributed by atoms with Crippen molar-refractivity contribution < 1.29 is 9.59 Å². The van der Waals surface area contributed by atoms with Crippen LogP contribution in [0, 0.1) is 0 Å². The van der Waals surface area contributed by atoms with E-state index in [0.29, 0.717) is 12.8 Å². The minimum atomic E-state index is -0.591. The van der Waals surface area contributed by atoms with Gasteiger partial charge in [-0.25, -0.2) is 5.01 Å². The normalized spacial score (nSPS) is 20.1. The van der Waals surface area contributed by atoms with E-state index in [4.69, 9.17) is 0 Å².